The molecule has 0 saturated carbocycles. The Labute approximate surface area is 267 Å². The second-order valence-corrected chi connectivity index (χ2v) is 10.6. The lowest BCUT2D eigenvalue weighted by atomic mass is 9.94. The molecule has 6 atom stereocenters. The van der Waals surface area contributed by atoms with E-state index in [-0.39, 0.29) is 52.0 Å². The molecule has 47 heavy (non-hydrogen) atoms. The van der Waals surface area contributed by atoms with Gasteiger partial charge in [0, 0.05) is 17.7 Å². The number of ether oxygens (including phenoxy) is 6. The summed E-state index contributed by atoms with van der Waals surface area (Å²) >= 11 is 0. The molecule has 2 aliphatic heterocycles. The van der Waals surface area contributed by atoms with E-state index >= 15 is 0 Å². The van der Waals surface area contributed by atoms with Crippen molar-refractivity contribution in [2.45, 2.75) is 43.2 Å². The van der Waals surface area contributed by atoms with Crippen molar-refractivity contribution in [3.8, 4) is 46.0 Å². The van der Waals surface area contributed by atoms with Crippen LogP contribution in [0.1, 0.15) is 34.0 Å². The predicted molar refractivity (Wildman–Crippen MR) is 159 cm³/mol. The maximum absolute atomic E-state index is 13.1. The number of aliphatic hydroxyl groups excluding tert-OH is 3. The number of rotatable bonds is 9. The molecule has 15 nitrogen and oxygen atoms in total. The maximum atomic E-state index is 13.1. The molecule has 1 fully saturated rings. The fourth-order valence-corrected chi connectivity index (χ4v) is 5.25. The summed E-state index contributed by atoms with van der Waals surface area (Å²) in [6.45, 7) is -0.739. The van der Waals surface area contributed by atoms with Gasteiger partial charge in [0.2, 0.25) is 12.0 Å². The first-order valence-electron chi connectivity index (χ1n) is 14.2. The number of aliphatic hydroxyl groups is 3. The van der Waals surface area contributed by atoms with E-state index in [4.69, 9.17) is 28.4 Å². The number of fused-ring (bicyclic) bond motifs is 1. The van der Waals surface area contributed by atoms with Gasteiger partial charge in [-0.2, -0.15) is 0 Å². The van der Waals surface area contributed by atoms with Gasteiger partial charge in [0.25, 0.3) is 0 Å². The molecule has 0 bridgehead atoms. The van der Waals surface area contributed by atoms with Crippen LogP contribution in [-0.2, 0) is 14.3 Å². The Morgan fingerprint density at radius 3 is 2.43 bits per heavy atom. The largest absolute Gasteiger partial charge is 0.508 e. The van der Waals surface area contributed by atoms with Crippen LogP contribution in [0.15, 0.2) is 48.5 Å². The number of phenolic OH excluding ortho intramolecular Hbond substituents is 4. The lowest BCUT2D eigenvalue weighted by Gasteiger charge is -2.41. The van der Waals surface area contributed by atoms with Crippen molar-refractivity contribution in [2.75, 3.05) is 20.8 Å². The third kappa shape index (κ3) is 6.69. The maximum Gasteiger partial charge on any atom is 0.331 e. The standard InChI is InChI=1S/C32H32O15/c1-42-22-9-14(3-6-17(22)35)4-8-25(38)47-31-29(41)27(39)24(13-33)46-32(31)45-20-7-5-15(34)10-16(20)21-11-18(36)26-23(44-21)12-19(37)30(43-2)28(26)40/h3-10,12,21,24,27,29,31-35,37,39-41H,11,13H2,1-2H3/t21-,24+,27+,29-,31+,32+/m0/s1. The molecule has 15 heteroatoms. The number of hydrogen-bond donors (Lipinski definition) is 7. The summed E-state index contributed by atoms with van der Waals surface area (Å²) in [5.41, 5.74) is 0.334. The van der Waals surface area contributed by atoms with Crippen molar-refractivity contribution < 1.29 is 73.8 Å². The molecule has 0 aromatic heterocycles. The number of methoxy groups -OCH3 is 2. The summed E-state index contributed by atoms with van der Waals surface area (Å²) in [6.07, 6.45) is -7.25. The molecule has 2 heterocycles. The minimum Gasteiger partial charge on any atom is -0.508 e. The average molecular weight is 657 g/mol. The van der Waals surface area contributed by atoms with Gasteiger partial charge < -0.3 is 64.2 Å². The van der Waals surface area contributed by atoms with Crippen molar-refractivity contribution in [2.24, 2.45) is 0 Å². The van der Waals surface area contributed by atoms with Crippen LogP contribution in [0.2, 0.25) is 0 Å². The number of benzene rings is 3. The molecule has 3 aromatic rings. The fraction of sp³-hybridized carbons (Fsp3) is 0.312. The van der Waals surface area contributed by atoms with Crippen molar-refractivity contribution in [1.82, 2.24) is 0 Å². The van der Waals surface area contributed by atoms with E-state index in [1.165, 1.54) is 56.7 Å². The molecule has 1 saturated heterocycles. The number of carbonyl (C=O) groups is 2. The minimum absolute atomic E-state index is 0.0657. The molecule has 250 valence electrons. The van der Waals surface area contributed by atoms with Gasteiger partial charge in [-0.25, -0.2) is 4.79 Å². The number of carbonyl (C=O) groups excluding carboxylic acids is 2. The number of phenols is 4. The Hall–Kier alpha value is -5.22. The van der Waals surface area contributed by atoms with E-state index in [2.05, 4.69) is 0 Å². The van der Waals surface area contributed by atoms with Gasteiger partial charge in [0.15, 0.2) is 34.9 Å². The van der Waals surface area contributed by atoms with E-state index in [0.717, 1.165) is 12.1 Å². The van der Waals surface area contributed by atoms with Gasteiger partial charge in [0.1, 0.15) is 47.2 Å². The first-order chi connectivity index (χ1) is 22.4. The van der Waals surface area contributed by atoms with Gasteiger partial charge in [-0.1, -0.05) is 6.07 Å². The molecular weight excluding hydrogens is 624 g/mol. The van der Waals surface area contributed by atoms with Crippen LogP contribution in [0.4, 0.5) is 0 Å². The number of Topliss-reactive ketones (excluding diaryl/α,β-unsaturated/α-hetero) is 1. The molecular formula is C32H32O15. The first kappa shape index (κ1) is 33.2. The van der Waals surface area contributed by atoms with E-state index < -0.39 is 66.7 Å². The number of ketones is 1. The molecule has 5 rings (SSSR count). The lowest BCUT2D eigenvalue weighted by molar-refractivity contribution is -0.281. The number of aromatic hydroxyl groups is 4. The molecule has 3 aromatic carbocycles. The van der Waals surface area contributed by atoms with E-state index in [1.54, 1.807) is 0 Å². The van der Waals surface area contributed by atoms with Crippen LogP contribution in [0.25, 0.3) is 6.08 Å². The zero-order valence-corrected chi connectivity index (χ0v) is 25.0. The summed E-state index contributed by atoms with van der Waals surface area (Å²) in [7, 11) is 2.56. The highest BCUT2D eigenvalue weighted by Gasteiger charge is 2.48. The topological polar surface area (TPSA) is 231 Å². The predicted octanol–water partition coefficient (Wildman–Crippen LogP) is 1.68. The Kier molecular flexibility index (Phi) is 9.62. The zero-order valence-electron chi connectivity index (χ0n) is 25.0. The highest BCUT2D eigenvalue weighted by molar-refractivity contribution is 6.03. The highest BCUT2D eigenvalue weighted by Crippen LogP contribution is 2.49. The van der Waals surface area contributed by atoms with Crippen LogP contribution in [0.5, 0.6) is 46.0 Å². The Morgan fingerprint density at radius 2 is 1.72 bits per heavy atom. The quantitative estimate of drug-likeness (QED) is 0.128. The van der Waals surface area contributed by atoms with Crippen LogP contribution >= 0.6 is 0 Å². The van der Waals surface area contributed by atoms with E-state index in [1.807, 2.05) is 0 Å². The molecule has 0 amide bonds. The van der Waals surface area contributed by atoms with E-state index in [0.29, 0.717) is 5.56 Å². The summed E-state index contributed by atoms with van der Waals surface area (Å²) < 4.78 is 33.0. The van der Waals surface area contributed by atoms with Crippen LogP contribution in [-0.4, -0.2) is 99.0 Å². The Bertz CT molecular complexity index is 1690. The molecule has 7 N–H and O–H groups in total. The van der Waals surface area contributed by atoms with Crippen LogP contribution in [0.3, 0.4) is 0 Å². The first-order valence-corrected chi connectivity index (χ1v) is 14.2. The lowest BCUT2D eigenvalue weighted by Crippen LogP contribution is -2.61. The van der Waals surface area contributed by atoms with E-state index in [9.17, 15) is 45.3 Å². The second-order valence-electron chi connectivity index (χ2n) is 10.6. The monoisotopic (exact) mass is 656 g/mol. The normalized spacial score (nSPS) is 23.9. The van der Waals surface area contributed by atoms with Crippen LogP contribution < -0.4 is 18.9 Å². The van der Waals surface area contributed by atoms with Gasteiger partial charge in [0.05, 0.1) is 27.2 Å². The minimum atomic E-state index is -1.79. The molecule has 0 spiro atoms. The summed E-state index contributed by atoms with van der Waals surface area (Å²) in [6, 6.07) is 9.18. The van der Waals surface area contributed by atoms with Crippen molar-refractivity contribution in [1.29, 1.82) is 0 Å². The summed E-state index contributed by atoms with van der Waals surface area (Å²) in [5, 5.41) is 72.0. The van der Waals surface area contributed by atoms with Crippen LogP contribution in [0, 0.1) is 0 Å². The van der Waals surface area contributed by atoms with Gasteiger partial charge >= 0.3 is 5.97 Å². The fourth-order valence-electron chi connectivity index (χ4n) is 5.25. The summed E-state index contributed by atoms with van der Waals surface area (Å²) in [4.78, 5) is 26.0. The third-order valence-corrected chi connectivity index (χ3v) is 7.60. The molecule has 2 aliphatic rings. The molecule has 0 radical (unpaired) electrons. The Morgan fingerprint density at radius 1 is 0.957 bits per heavy atom. The SMILES string of the molecule is COc1cc(C=CC(=O)O[C@H]2[C@H](Oc3ccc(O)cc3[C@@H]3CC(=O)c4c(cc(O)c(OC)c4O)O3)O[C@H](CO)[C@@H](O)[C@@H]2O)ccc1O. The number of esters is 1. The molecule has 0 aliphatic carbocycles. The second kappa shape index (κ2) is 13.6. The molecule has 0 unspecified atom stereocenters. The van der Waals surface area contributed by atoms with Gasteiger partial charge in [-0.05, 0) is 42.0 Å². The third-order valence-electron chi connectivity index (χ3n) is 7.60. The smallest absolute Gasteiger partial charge is 0.331 e. The zero-order chi connectivity index (χ0) is 34.0. The number of hydrogen-bond acceptors (Lipinski definition) is 15. The highest BCUT2D eigenvalue weighted by atomic mass is 16.7. The summed E-state index contributed by atoms with van der Waals surface area (Å²) in [5.74, 6) is -3.42. The van der Waals surface area contributed by atoms with Gasteiger partial charge in [-0.3, -0.25) is 4.79 Å². The average Bonchev–Trinajstić information content (AvgIpc) is 3.04. The van der Waals surface area contributed by atoms with Crippen molar-refractivity contribution in [3.63, 3.8) is 0 Å². The van der Waals surface area contributed by atoms with Gasteiger partial charge in [-0.15, -0.1) is 0 Å². The van der Waals surface area contributed by atoms with Crippen molar-refractivity contribution in [3.05, 3.63) is 65.2 Å². The van der Waals surface area contributed by atoms with Crippen molar-refractivity contribution >= 4 is 17.8 Å². The Balaban J connectivity index is 1.42.